The number of ether oxygens (including phenoxy) is 9. The van der Waals surface area contributed by atoms with Crippen LogP contribution in [0.1, 0.15) is 74.4 Å². The quantitative estimate of drug-likeness (QED) is 0.135. The molecule has 11 nitrogen and oxygen atoms in total. The molecule has 4 aromatic rings. The summed E-state index contributed by atoms with van der Waals surface area (Å²) >= 11 is 0. The summed E-state index contributed by atoms with van der Waals surface area (Å²) in [6.45, 7) is 8.14. The Kier molecular flexibility index (Phi) is 11.2. The van der Waals surface area contributed by atoms with Gasteiger partial charge in [-0.1, -0.05) is 38.1 Å². The minimum atomic E-state index is -0.930. The first-order chi connectivity index (χ1) is 25.1. The fourth-order valence-electron chi connectivity index (χ4n) is 6.84. The highest BCUT2D eigenvalue weighted by Crippen LogP contribution is 2.51. The van der Waals surface area contributed by atoms with Crippen LogP contribution in [0.3, 0.4) is 0 Å². The monoisotopic (exact) mass is 716 g/mol. The van der Waals surface area contributed by atoms with Crippen molar-refractivity contribution in [2.24, 2.45) is 11.8 Å². The Morgan fingerprint density at radius 2 is 0.981 bits per heavy atom. The molecular formula is C41H48O11. The van der Waals surface area contributed by atoms with E-state index in [1.54, 1.807) is 71.8 Å². The maximum Gasteiger partial charge on any atom is 0.231 e. The van der Waals surface area contributed by atoms with Crippen LogP contribution in [0.25, 0.3) is 0 Å². The van der Waals surface area contributed by atoms with Crippen LogP contribution in [0, 0.1) is 11.8 Å². The van der Waals surface area contributed by atoms with Crippen LogP contribution in [0.4, 0.5) is 0 Å². The fourth-order valence-corrected chi connectivity index (χ4v) is 6.84. The summed E-state index contributed by atoms with van der Waals surface area (Å²) in [6, 6.07) is 22.2. The second kappa shape index (κ2) is 15.8. The van der Waals surface area contributed by atoms with E-state index in [-0.39, 0.29) is 30.8 Å². The van der Waals surface area contributed by atoms with Gasteiger partial charge in [0.15, 0.2) is 46.0 Å². The lowest BCUT2D eigenvalue weighted by atomic mass is 9.85. The van der Waals surface area contributed by atoms with Gasteiger partial charge in [-0.2, -0.15) is 0 Å². The van der Waals surface area contributed by atoms with Crippen molar-refractivity contribution in [3.8, 4) is 46.0 Å². The summed E-state index contributed by atoms with van der Waals surface area (Å²) in [4.78, 5) is 0. The van der Waals surface area contributed by atoms with Crippen molar-refractivity contribution >= 4 is 0 Å². The molecular weight excluding hydrogens is 668 g/mol. The minimum absolute atomic E-state index is 0.164. The Morgan fingerprint density at radius 3 is 1.50 bits per heavy atom. The Labute approximate surface area is 304 Å². The highest BCUT2D eigenvalue weighted by molar-refractivity contribution is 5.48. The minimum Gasteiger partial charge on any atom is -0.493 e. The molecule has 278 valence electrons. The zero-order valence-corrected chi connectivity index (χ0v) is 30.8. The van der Waals surface area contributed by atoms with Gasteiger partial charge in [0, 0.05) is 0 Å². The van der Waals surface area contributed by atoms with Gasteiger partial charge in [-0.3, -0.25) is 0 Å². The fraction of sp³-hybridized carbons (Fsp3) is 0.415. The van der Waals surface area contributed by atoms with Gasteiger partial charge in [0.05, 0.1) is 40.6 Å². The van der Waals surface area contributed by atoms with Crippen molar-refractivity contribution in [1.82, 2.24) is 0 Å². The molecule has 52 heavy (non-hydrogen) atoms. The van der Waals surface area contributed by atoms with E-state index in [1.165, 1.54) is 0 Å². The van der Waals surface area contributed by atoms with Crippen molar-refractivity contribution in [1.29, 1.82) is 0 Å². The molecule has 6 rings (SSSR count). The van der Waals surface area contributed by atoms with E-state index < -0.39 is 24.4 Å². The van der Waals surface area contributed by atoms with E-state index in [4.69, 9.17) is 42.6 Å². The van der Waals surface area contributed by atoms with Gasteiger partial charge in [0.1, 0.15) is 24.4 Å². The van der Waals surface area contributed by atoms with Crippen LogP contribution in [-0.2, 0) is 4.74 Å². The molecule has 0 aliphatic carbocycles. The number of methoxy groups -OCH3 is 4. The first-order valence-corrected chi connectivity index (χ1v) is 17.4. The van der Waals surface area contributed by atoms with Crippen molar-refractivity contribution in [2.75, 3.05) is 35.2 Å². The Hall–Kier alpha value is -4.84. The molecule has 1 fully saturated rings. The van der Waals surface area contributed by atoms with Crippen LogP contribution in [0.15, 0.2) is 72.8 Å². The maximum atomic E-state index is 11.1. The molecule has 0 bridgehead atoms. The van der Waals surface area contributed by atoms with Gasteiger partial charge in [-0.25, -0.2) is 0 Å². The summed E-state index contributed by atoms with van der Waals surface area (Å²) in [7, 11) is 6.31. The van der Waals surface area contributed by atoms with Crippen molar-refractivity contribution < 1.29 is 52.8 Å². The predicted molar refractivity (Wildman–Crippen MR) is 193 cm³/mol. The molecule has 0 unspecified atom stereocenters. The molecule has 4 aromatic carbocycles. The summed E-state index contributed by atoms with van der Waals surface area (Å²) in [5.74, 6) is 4.80. The second-order valence-electron chi connectivity index (χ2n) is 13.3. The molecule has 11 heteroatoms. The van der Waals surface area contributed by atoms with E-state index in [0.717, 1.165) is 11.1 Å². The van der Waals surface area contributed by atoms with Crippen LogP contribution in [0.5, 0.6) is 46.0 Å². The topological polar surface area (TPSA) is 124 Å². The lowest BCUT2D eigenvalue weighted by molar-refractivity contribution is 0.0281. The summed E-state index contributed by atoms with van der Waals surface area (Å²) in [5, 5.41) is 22.2. The number of aliphatic hydroxyl groups is 2. The molecule has 1 saturated heterocycles. The molecule has 0 spiro atoms. The lowest BCUT2D eigenvalue weighted by Crippen LogP contribution is -2.22. The second-order valence-corrected chi connectivity index (χ2v) is 13.3. The largest absolute Gasteiger partial charge is 0.493 e. The zero-order chi connectivity index (χ0) is 37.1. The van der Waals surface area contributed by atoms with Gasteiger partial charge in [-0.05, 0) is 96.5 Å². The van der Waals surface area contributed by atoms with Gasteiger partial charge in [-0.15, -0.1) is 0 Å². The van der Waals surface area contributed by atoms with E-state index in [9.17, 15) is 10.2 Å². The Bertz CT molecular complexity index is 1840. The normalized spacial score (nSPS) is 21.5. The standard InChI is InChI=1S/C41H48O11/c1-22-23(2)41(29-12-16-33(36(20-29)47-8)51-25(4)39(43)27-10-14-31-37(18-27)49-21-48-31)52-40(22)28-11-15-32(35(19-28)46-7)50-24(3)38(42)26-9-13-30(44-5)34(17-26)45-6/h9-20,22-25,38-43H,21H2,1-8H3/t22-,23-,24-,25+,38+,39-,40+,41-/m0/s1. The highest BCUT2D eigenvalue weighted by Gasteiger charge is 2.41. The van der Waals surface area contributed by atoms with Gasteiger partial charge in [0.25, 0.3) is 0 Å². The molecule has 8 atom stereocenters. The van der Waals surface area contributed by atoms with E-state index in [0.29, 0.717) is 57.1 Å². The average Bonchev–Trinajstić information content (AvgIpc) is 3.77. The molecule has 0 radical (unpaired) electrons. The third-order valence-corrected chi connectivity index (χ3v) is 10.1. The average molecular weight is 717 g/mol. The number of aliphatic hydroxyl groups excluding tert-OH is 2. The molecule has 2 aliphatic heterocycles. The molecule has 2 aliphatic rings. The van der Waals surface area contributed by atoms with E-state index in [1.807, 2.05) is 43.3 Å². The summed E-state index contributed by atoms with van der Waals surface area (Å²) in [5.41, 5.74) is 3.22. The number of rotatable bonds is 14. The number of hydrogen-bond acceptors (Lipinski definition) is 11. The van der Waals surface area contributed by atoms with Crippen molar-refractivity contribution in [2.45, 2.75) is 64.3 Å². The third-order valence-electron chi connectivity index (χ3n) is 10.1. The molecule has 0 aromatic heterocycles. The Morgan fingerprint density at radius 1 is 0.538 bits per heavy atom. The smallest absolute Gasteiger partial charge is 0.231 e. The van der Waals surface area contributed by atoms with Crippen LogP contribution in [-0.4, -0.2) is 57.7 Å². The number of hydrogen-bond donors (Lipinski definition) is 2. The summed E-state index contributed by atoms with van der Waals surface area (Å²) in [6.07, 6.45) is -3.43. The van der Waals surface area contributed by atoms with Crippen LogP contribution in [0.2, 0.25) is 0 Å². The molecule has 0 amide bonds. The maximum absolute atomic E-state index is 11.1. The third kappa shape index (κ3) is 7.39. The van der Waals surface area contributed by atoms with Crippen molar-refractivity contribution in [3.63, 3.8) is 0 Å². The van der Waals surface area contributed by atoms with Gasteiger partial charge >= 0.3 is 0 Å². The lowest BCUT2D eigenvalue weighted by Gasteiger charge is -2.24. The Balaban J connectivity index is 1.14. The van der Waals surface area contributed by atoms with Gasteiger partial charge < -0.3 is 52.8 Å². The number of fused-ring (bicyclic) bond motifs is 1. The summed E-state index contributed by atoms with van der Waals surface area (Å²) < 4.78 is 52.3. The first kappa shape index (κ1) is 36.9. The molecule has 2 heterocycles. The first-order valence-electron chi connectivity index (χ1n) is 17.4. The van der Waals surface area contributed by atoms with Crippen LogP contribution >= 0.6 is 0 Å². The van der Waals surface area contributed by atoms with E-state index >= 15 is 0 Å². The van der Waals surface area contributed by atoms with Gasteiger partial charge in [0.2, 0.25) is 6.79 Å². The number of benzene rings is 4. The molecule has 2 N–H and O–H groups in total. The predicted octanol–water partition coefficient (Wildman–Crippen LogP) is 7.54. The SMILES string of the molecule is COc1ccc([C@H](O)[C@H](C)Oc2ccc([C@@H]3O[C@H](c4ccc(O[C@H](C)[C@H](O)c5ccc6c(c5)OCO6)c(OC)c4)[C@@H](C)[C@@H]3C)cc2OC)cc1OC. The van der Waals surface area contributed by atoms with E-state index in [2.05, 4.69) is 13.8 Å². The van der Waals surface area contributed by atoms with Crippen molar-refractivity contribution in [3.05, 3.63) is 95.1 Å². The highest BCUT2D eigenvalue weighted by atomic mass is 16.7. The van der Waals surface area contributed by atoms with Crippen LogP contribution < -0.4 is 37.9 Å². The molecule has 0 saturated carbocycles. The zero-order valence-electron chi connectivity index (χ0n) is 30.8.